The van der Waals surface area contributed by atoms with Crippen LogP contribution in [-0.2, 0) is 14.3 Å². The lowest BCUT2D eigenvalue weighted by Gasteiger charge is -2.35. The maximum atomic E-state index is 13.7. The summed E-state index contributed by atoms with van der Waals surface area (Å²) in [4.78, 5) is 33.9. The molecule has 0 spiro atoms. The molecule has 0 radical (unpaired) electrons. The maximum Gasteiger partial charge on any atom is 0.230 e. The van der Waals surface area contributed by atoms with Crippen LogP contribution in [0.5, 0.6) is 0 Å². The lowest BCUT2D eigenvalue weighted by Crippen LogP contribution is -2.49. The molecule has 1 aromatic carbocycles. The number of pyridine rings is 1. The Morgan fingerprint density at radius 2 is 1.90 bits per heavy atom. The number of carbonyl (C=O) groups excluding carboxylic acids is 1. The van der Waals surface area contributed by atoms with Crippen LogP contribution >= 0.6 is 0 Å². The molecular weight excluding hydrogens is 501 g/mol. The van der Waals surface area contributed by atoms with Crippen molar-refractivity contribution in [2.45, 2.75) is 26.1 Å². The normalized spacial score (nSPS) is 20.9. The van der Waals surface area contributed by atoms with Gasteiger partial charge in [-0.15, -0.1) is 0 Å². The smallest absolute Gasteiger partial charge is 0.230 e. The van der Waals surface area contributed by atoms with Gasteiger partial charge in [-0.2, -0.15) is 0 Å². The van der Waals surface area contributed by atoms with E-state index in [1.165, 1.54) is 12.1 Å². The first-order valence-electron chi connectivity index (χ1n) is 12.8. The summed E-state index contributed by atoms with van der Waals surface area (Å²) >= 11 is 0. The number of amides is 1. The fraction of sp³-hybridized carbons (Fsp3) is 0.321. The molecule has 1 saturated heterocycles. The number of anilines is 2. The van der Waals surface area contributed by atoms with E-state index in [0.29, 0.717) is 46.9 Å². The molecular formula is C28H28FN7O3. The Labute approximate surface area is 224 Å². The summed E-state index contributed by atoms with van der Waals surface area (Å²) in [7, 11) is 0. The predicted octanol–water partition coefficient (Wildman–Crippen LogP) is 4.39. The van der Waals surface area contributed by atoms with Gasteiger partial charge in [0.1, 0.15) is 5.82 Å². The van der Waals surface area contributed by atoms with Crippen LogP contribution in [0, 0.1) is 17.2 Å². The number of hydrogen-bond donors (Lipinski definition) is 3. The lowest BCUT2D eigenvalue weighted by atomic mass is 9.91. The van der Waals surface area contributed by atoms with E-state index in [0.717, 1.165) is 18.5 Å². The van der Waals surface area contributed by atoms with Crippen molar-refractivity contribution in [2.75, 3.05) is 25.1 Å². The van der Waals surface area contributed by atoms with Crippen molar-refractivity contribution >= 4 is 17.5 Å². The Kier molecular flexibility index (Phi) is 6.76. The van der Waals surface area contributed by atoms with Crippen molar-refractivity contribution in [1.82, 2.24) is 30.2 Å². The number of H-pyrrole nitrogens is 1. The second-order valence-corrected chi connectivity index (χ2v) is 10.2. The number of imidazole rings is 1. The number of aromatic amines is 1. The zero-order valence-corrected chi connectivity index (χ0v) is 21.4. The van der Waals surface area contributed by atoms with Crippen LogP contribution in [0.25, 0.3) is 22.6 Å². The number of ether oxygens (including phenoxy) is 2. The quantitative estimate of drug-likeness (QED) is 0.307. The van der Waals surface area contributed by atoms with E-state index in [9.17, 15) is 9.18 Å². The highest BCUT2D eigenvalue weighted by atomic mass is 19.1. The van der Waals surface area contributed by atoms with Gasteiger partial charge in [0.2, 0.25) is 18.1 Å². The lowest BCUT2D eigenvalue weighted by molar-refractivity contribution is -0.231. The molecule has 11 heteroatoms. The van der Waals surface area contributed by atoms with Crippen LogP contribution in [0.4, 0.5) is 16.0 Å². The Bertz CT molecular complexity index is 1450. The van der Waals surface area contributed by atoms with Crippen LogP contribution in [-0.4, -0.2) is 50.6 Å². The molecule has 39 heavy (non-hydrogen) atoms. The molecule has 3 N–H and O–H groups in total. The number of nitrogens with zero attached hydrogens (tertiary/aromatic N) is 4. The number of benzene rings is 1. The highest BCUT2D eigenvalue weighted by Gasteiger charge is 2.41. The molecule has 2 aliphatic rings. The molecule has 4 heterocycles. The Balaban J connectivity index is 1.26. The van der Waals surface area contributed by atoms with Crippen molar-refractivity contribution < 1.29 is 18.7 Å². The van der Waals surface area contributed by atoms with Crippen molar-refractivity contribution in [3.63, 3.8) is 0 Å². The summed E-state index contributed by atoms with van der Waals surface area (Å²) in [5.74, 6) is 0.961. The third-order valence-corrected chi connectivity index (χ3v) is 6.80. The van der Waals surface area contributed by atoms with E-state index in [1.807, 2.05) is 19.1 Å². The van der Waals surface area contributed by atoms with E-state index >= 15 is 0 Å². The minimum absolute atomic E-state index is 0.0744. The van der Waals surface area contributed by atoms with E-state index in [4.69, 9.17) is 14.5 Å². The molecule has 1 saturated carbocycles. The fourth-order valence-electron chi connectivity index (χ4n) is 4.30. The minimum atomic E-state index is -0.808. The average molecular weight is 530 g/mol. The van der Waals surface area contributed by atoms with Crippen molar-refractivity contribution in [3.05, 3.63) is 72.7 Å². The second kappa shape index (κ2) is 10.5. The SMILES string of the molecule is CC1(C(=O)NCC2CC2)COC(c2nc(-c3ccc(F)cc3)c(-c3ccnc(Nc4cccnc4)n3)[nH]2)OC1. The molecule has 2 fully saturated rings. The van der Waals surface area contributed by atoms with Crippen LogP contribution in [0.3, 0.4) is 0 Å². The highest BCUT2D eigenvalue weighted by molar-refractivity contribution is 5.82. The molecule has 200 valence electrons. The molecule has 4 aromatic rings. The largest absolute Gasteiger partial charge is 0.355 e. The summed E-state index contributed by atoms with van der Waals surface area (Å²) < 4.78 is 25.7. The first-order chi connectivity index (χ1) is 19.0. The standard InChI is InChI=1S/C28H28FN7O3/c1-28(26(37)32-13-17-4-5-17)15-38-25(39-16-28)24-35-22(18-6-8-19(29)9-7-18)23(36-24)21-10-12-31-27(34-21)33-20-3-2-11-30-14-20/h2-3,6-12,14,17,25H,4-5,13,15-16H2,1H3,(H,32,37)(H,35,36)(H,31,33,34). The van der Waals surface area contributed by atoms with Gasteiger partial charge in [0.05, 0.1) is 47.6 Å². The summed E-state index contributed by atoms with van der Waals surface area (Å²) in [5.41, 5.74) is 2.35. The Morgan fingerprint density at radius 3 is 2.62 bits per heavy atom. The van der Waals surface area contributed by atoms with Gasteiger partial charge < -0.3 is 25.1 Å². The molecule has 0 unspecified atom stereocenters. The Hall–Kier alpha value is -4.22. The van der Waals surface area contributed by atoms with Gasteiger partial charge in [-0.05, 0) is 68.1 Å². The van der Waals surface area contributed by atoms with Gasteiger partial charge in [0.15, 0.2) is 5.82 Å². The summed E-state index contributed by atoms with van der Waals surface area (Å²) in [6.07, 6.45) is 6.51. The predicted molar refractivity (Wildman–Crippen MR) is 141 cm³/mol. The molecule has 3 aromatic heterocycles. The molecule has 1 aliphatic carbocycles. The number of hydrogen-bond acceptors (Lipinski definition) is 8. The number of nitrogens with one attached hydrogen (secondary N) is 3. The topological polar surface area (TPSA) is 127 Å². The minimum Gasteiger partial charge on any atom is -0.355 e. The van der Waals surface area contributed by atoms with Crippen molar-refractivity contribution in [3.8, 4) is 22.6 Å². The monoisotopic (exact) mass is 529 g/mol. The van der Waals surface area contributed by atoms with Crippen molar-refractivity contribution in [1.29, 1.82) is 0 Å². The first-order valence-corrected chi connectivity index (χ1v) is 12.8. The molecule has 1 aliphatic heterocycles. The van der Waals surface area contributed by atoms with Crippen LogP contribution in [0.2, 0.25) is 0 Å². The first kappa shape index (κ1) is 25.1. The van der Waals surface area contributed by atoms with Gasteiger partial charge >= 0.3 is 0 Å². The average Bonchev–Trinajstić information content (AvgIpc) is 3.69. The third-order valence-electron chi connectivity index (χ3n) is 6.80. The zero-order valence-electron chi connectivity index (χ0n) is 21.4. The highest BCUT2D eigenvalue weighted by Crippen LogP contribution is 2.36. The second-order valence-electron chi connectivity index (χ2n) is 10.2. The van der Waals surface area contributed by atoms with Crippen LogP contribution in [0.15, 0.2) is 61.1 Å². The van der Waals surface area contributed by atoms with E-state index in [2.05, 4.69) is 30.6 Å². The zero-order chi connectivity index (χ0) is 26.8. The van der Waals surface area contributed by atoms with Gasteiger partial charge in [-0.1, -0.05) is 0 Å². The van der Waals surface area contributed by atoms with E-state index < -0.39 is 11.7 Å². The van der Waals surface area contributed by atoms with Gasteiger partial charge in [0.25, 0.3) is 0 Å². The maximum absolute atomic E-state index is 13.7. The third kappa shape index (κ3) is 5.64. The fourth-order valence-corrected chi connectivity index (χ4v) is 4.30. The van der Waals surface area contributed by atoms with E-state index in [1.54, 1.807) is 36.8 Å². The summed E-state index contributed by atoms with van der Waals surface area (Å²) in [6.45, 7) is 2.89. The van der Waals surface area contributed by atoms with Crippen LogP contribution < -0.4 is 10.6 Å². The van der Waals surface area contributed by atoms with Gasteiger partial charge in [-0.3, -0.25) is 9.78 Å². The van der Waals surface area contributed by atoms with Gasteiger partial charge in [-0.25, -0.2) is 19.3 Å². The molecule has 1 amide bonds. The molecule has 10 nitrogen and oxygen atoms in total. The van der Waals surface area contributed by atoms with Gasteiger partial charge in [0, 0.05) is 24.5 Å². The number of carbonyl (C=O) groups is 1. The number of rotatable bonds is 8. The van der Waals surface area contributed by atoms with Crippen molar-refractivity contribution in [2.24, 2.45) is 11.3 Å². The van der Waals surface area contributed by atoms with E-state index in [-0.39, 0.29) is 24.9 Å². The summed E-state index contributed by atoms with van der Waals surface area (Å²) in [6, 6.07) is 11.5. The molecule has 0 bridgehead atoms. The van der Waals surface area contributed by atoms with Crippen LogP contribution in [0.1, 0.15) is 31.9 Å². The molecule has 0 atom stereocenters. The Morgan fingerprint density at radius 1 is 1.10 bits per heavy atom. The molecule has 6 rings (SSSR count). The number of halogens is 1. The summed E-state index contributed by atoms with van der Waals surface area (Å²) in [5, 5.41) is 6.15. The number of aromatic nitrogens is 5.